The fraction of sp³-hybridized carbons (Fsp3) is 0.300. The van der Waals surface area contributed by atoms with Crippen molar-refractivity contribution in [2.24, 2.45) is 0 Å². The normalized spacial score (nSPS) is 10.7. The van der Waals surface area contributed by atoms with Crippen LogP contribution in [0.15, 0.2) is 15.6 Å². The molecule has 0 aliphatic rings. The summed E-state index contributed by atoms with van der Waals surface area (Å²) in [5.74, 6) is 1.30. The molecule has 6 nitrogen and oxygen atoms in total. The third-order valence-electron chi connectivity index (χ3n) is 2.37. The van der Waals surface area contributed by atoms with E-state index in [4.69, 9.17) is 12.6 Å². The van der Waals surface area contributed by atoms with Crippen LogP contribution in [-0.4, -0.2) is 29.8 Å². The zero-order valence-electron chi connectivity index (χ0n) is 11.2. The number of fused-ring (bicyclic) bond motifs is 1. The van der Waals surface area contributed by atoms with Gasteiger partial charge in [0.2, 0.25) is 5.16 Å². The van der Waals surface area contributed by atoms with Crippen LogP contribution >= 0.6 is 23.1 Å². The largest absolute Gasteiger partial charge is 1.00 e. The number of nitrogens with zero attached hydrogens (tertiary/aromatic N) is 6. The second kappa shape index (κ2) is 6.63. The first-order valence-electron chi connectivity index (χ1n) is 5.45. The first kappa shape index (κ1) is 16.1. The van der Waals surface area contributed by atoms with Gasteiger partial charge in [0.1, 0.15) is 0 Å². The van der Waals surface area contributed by atoms with Crippen LogP contribution < -0.4 is 29.6 Å². The Morgan fingerprint density at radius 2 is 2.10 bits per heavy atom. The fourth-order valence-corrected chi connectivity index (χ4v) is 3.33. The van der Waals surface area contributed by atoms with E-state index < -0.39 is 0 Å². The molecule has 20 heavy (non-hydrogen) atoms. The quantitative estimate of drug-likeness (QED) is 0.339. The molecule has 0 unspecified atom stereocenters. The van der Waals surface area contributed by atoms with E-state index in [0.717, 1.165) is 16.4 Å². The monoisotopic (exact) mass is 332 g/mol. The van der Waals surface area contributed by atoms with Gasteiger partial charge in [0.25, 0.3) is 5.78 Å². The molecule has 0 N–H and O–H groups in total. The van der Waals surface area contributed by atoms with Crippen LogP contribution in [0.2, 0.25) is 0 Å². The third kappa shape index (κ3) is 3.46. The minimum atomic E-state index is 0. The van der Waals surface area contributed by atoms with Gasteiger partial charge in [-0.05, 0) is 24.3 Å². The summed E-state index contributed by atoms with van der Waals surface area (Å²) in [4.78, 5) is 8.74. The minimum absolute atomic E-state index is 0. The van der Waals surface area contributed by atoms with E-state index in [-0.39, 0.29) is 29.6 Å². The van der Waals surface area contributed by atoms with Crippen molar-refractivity contribution in [1.29, 1.82) is 0 Å². The summed E-state index contributed by atoms with van der Waals surface area (Å²) in [6, 6.07) is 1.98. The zero-order chi connectivity index (χ0) is 13.4. The van der Waals surface area contributed by atoms with Gasteiger partial charge in [0.15, 0.2) is 0 Å². The number of aryl methyl sites for hydroxylation is 2. The maximum atomic E-state index is 4.94. The van der Waals surface area contributed by atoms with Crippen LogP contribution in [0.5, 0.6) is 0 Å². The van der Waals surface area contributed by atoms with Crippen LogP contribution in [0.1, 0.15) is 16.4 Å². The predicted octanol–water partition coefficient (Wildman–Crippen LogP) is -1.21. The van der Waals surface area contributed by atoms with Crippen molar-refractivity contribution in [2.45, 2.75) is 29.1 Å². The third-order valence-corrected chi connectivity index (χ3v) is 4.45. The number of aromatic nitrogens is 6. The van der Waals surface area contributed by atoms with Gasteiger partial charge in [-0.25, -0.2) is 9.50 Å². The number of thioether (sulfide) groups is 1. The van der Waals surface area contributed by atoms with Crippen LogP contribution in [-0.2, 0) is 18.4 Å². The molecule has 0 bridgehead atoms. The molecule has 3 aromatic heterocycles. The van der Waals surface area contributed by atoms with E-state index in [2.05, 4.69) is 25.3 Å². The molecule has 0 amide bonds. The molecule has 0 radical (unpaired) electrons. The second-order valence-electron chi connectivity index (χ2n) is 3.90. The van der Waals surface area contributed by atoms with Gasteiger partial charge in [-0.3, -0.25) is 0 Å². The van der Waals surface area contributed by atoms with Crippen molar-refractivity contribution in [3.8, 4) is 0 Å². The van der Waals surface area contributed by atoms with Crippen molar-refractivity contribution in [2.75, 3.05) is 0 Å². The summed E-state index contributed by atoms with van der Waals surface area (Å²) < 4.78 is 2.31. The molecule has 0 aliphatic heterocycles. The fourth-order valence-electron chi connectivity index (χ4n) is 1.63. The summed E-state index contributed by atoms with van der Waals surface area (Å²) in [7, 11) is 0. The van der Waals surface area contributed by atoms with Gasteiger partial charge in [-0.1, -0.05) is 11.8 Å². The van der Waals surface area contributed by atoms with Gasteiger partial charge < -0.3 is 24.0 Å². The molecule has 3 heterocycles. The van der Waals surface area contributed by atoms with Crippen LogP contribution in [0.3, 0.4) is 0 Å². The zero-order valence-corrected chi connectivity index (χ0v) is 15.6. The molecule has 0 saturated heterocycles. The Morgan fingerprint density at radius 1 is 1.30 bits per heavy atom. The summed E-state index contributed by atoms with van der Waals surface area (Å²) in [6.07, 6.45) is 0. The van der Waals surface area contributed by atoms with Crippen molar-refractivity contribution in [1.82, 2.24) is 29.8 Å². The Balaban J connectivity index is 0.00000147. The van der Waals surface area contributed by atoms with Gasteiger partial charge in [0.05, 0.1) is 0 Å². The van der Waals surface area contributed by atoms with Crippen LogP contribution in [0.4, 0.5) is 0 Å². The molecule has 0 aliphatic carbocycles. The summed E-state index contributed by atoms with van der Waals surface area (Å²) in [5, 5.41) is 13.8. The minimum Gasteiger partial charge on any atom is -0.406 e. The number of rotatable bonds is 3. The Morgan fingerprint density at radius 3 is 2.80 bits per heavy atom. The maximum Gasteiger partial charge on any atom is 1.00 e. The SMILES string of the molecule is Cc1cc(C)n2nc(SCc3nnc([S-])s3)nc2n1.[Na+]. The van der Waals surface area contributed by atoms with E-state index in [0.29, 0.717) is 21.0 Å². The standard InChI is InChI=1S/C10H10N6S3.Na/c1-5-3-6(2)16-8(11-5)12-9(15-16)18-4-7-13-14-10(17)19-7;/h3H,4H2,1-2H3,(H,14,17);/q;+1/p-1. The van der Waals surface area contributed by atoms with E-state index in [9.17, 15) is 0 Å². The Hall–Kier alpha value is -0.320. The molecule has 3 aromatic rings. The molecule has 0 saturated carbocycles. The van der Waals surface area contributed by atoms with Crippen molar-refractivity contribution in [3.05, 3.63) is 22.5 Å². The van der Waals surface area contributed by atoms with Gasteiger partial charge in [0, 0.05) is 22.1 Å². The van der Waals surface area contributed by atoms with Gasteiger partial charge in [-0.2, -0.15) is 15.2 Å². The number of hydrogen-bond donors (Lipinski definition) is 0. The van der Waals surface area contributed by atoms with Crippen molar-refractivity contribution in [3.63, 3.8) is 0 Å². The Bertz CT molecular complexity index is 740. The Kier molecular flexibility index (Phi) is 5.32. The van der Waals surface area contributed by atoms with Crippen molar-refractivity contribution < 1.29 is 29.6 Å². The predicted molar refractivity (Wildman–Crippen MR) is 75.4 cm³/mol. The molecule has 0 aromatic carbocycles. The number of hydrogen-bond acceptors (Lipinski definition) is 8. The second-order valence-corrected chi connectivity index (χ2v) is 6.55. The summed E-state index contributed by atoms with van der Waals surface area (Å²) >= 11 is 7.86. The van der Waals surface area contributed by atoms with Crippen LogP contribution in [0.25, 0.3) is 5.78 Å². The van der Waals surface area contributed by atoms with E-state index in [1.807, 2.05) is 19.9 Å². The van der Waals surface area contributed by atoms with Gasteiger partial charge >= 0.3 is 29.6 Å². The molecule has 3 rings (SSSR count). The van der Waals surface area contributed by atoms with E-state index >= 15 is 0 Å². The first-order chi connectivity index (χ1) is 9.11. The molecular formula is C10H9N6NaS3. The molecule has 10 heteroatoms. The topological polar surface area (TPSA) is 68.9 Å². The summed E-state index contributed by atoms with van der Waals surface area (Å²) in [5.41, 5.74) is 1.96. The molecule has 0 atom stereocenters. The maximum absolute atomic E-state index is 4.94. The molecule has 0 spiro atoms. The molecule has 98 valence electrons. The summed E-state index contributed by atoms with van der Waals surface area (Å²) in [6.45, 7) is 3.93. The first-order valence-corrected chi connectivity index (χ1v) is 7.66. The molecule has 0 fully saturated rings. The van der Waals surface area contributed by atoms with E-state index in [1.165, 1.54) is 23.1 Å². The average molecular weight is 332 g/mol. The van der Waals surface area contributed by atoms with Crippen LogP contribution in [0, 0.1) is 13.8 Å². The Labute approximate surface area is 151 Å². The smallest absolute Gasteiger partial charge is 0.406 e. The van der Waals surface area contributed by atoms with Crippen molar-refractivity contribution >= 4 is 41.5 Å². The molecular weight excluding hydrogens is 323 g/mol. The van der Waals surface area contributed by atoms with Gasteiger partial charge in [-0.15, -0.1) is 5.10 Å². The van der Waals surface area contributed by atoms with E-state index in [1.54, 1.807) is 4.52 Å². The average Bonchev–Trinajstić information content (AvgIpc) is 2.92.